The predicted octanol–water partition coefficient (Wildman–Crippen LogP) is -0.204. The molecule has 0 aromatic heterocycles. The molecule has 4 nitrogen and oxygen atoms in total. The first-order chi connectivity index (χ1) is 4.72. The molecule has 0 saturated carbocycles. The standard InChI is InChI=1S/C7H15N2O2/c1-6(2,8-5)9(11)7(3,4)10/h5,9-10H,1-4H3/q+1. The lowest BCUT2D eigenvalue weighted by Gasteiger charge is -2.35. The predicted molar refractivity (Wildman–Crippen MR) is 43.0 cm³/mol. The molecule has 2 N–H and O–H groups in total. The number of quaternary nitrogens is 1. The van der Waals surface area contributed by atoms with Crippen LogP contribution in [0.25, 0.3) is 4.85 Å². The van der Waals surface area contributed by atoms with E-state index in [1.165, 1.54) is 13.8 Å². The van der Waals surface area contributed by atoms with Gasteiger partial charge in [0, 0.05) is 13.8 Å². The third-order valence-corrected chi connectivity index (χ3v) is 1.43. The molecule has 0 aromatic carbocycles. The summed E-state index contributed by atoms with van der Waals surface area (Å²) >= 11 is 0. The second kappa shape index (κ2) is 2.78. The van der Waals surface area contributed by atoms with Crippen LogP contribution in [0.15, 0.2) is 0 Å². The molecule has 0 spiro atoms. The second-order valence-corrected chi connectivity index (χ2v) is 3.58. The van der Waals surface area contributed by atoms with Crippen molar-refractivity contribution in [1.29, 1.82) is 0 Å². The highest BCUT2D eigenvalue weighted by molar-refractivity contribution is 4.83. The minimum atomic E-state index is -1.37. The molecule has 0 aliphatic carbocycles. The Morgan fingerprint density at radius 3 is 1.82 bits per heavy atom. The Morgan fingerprint density at radius 1 is 1.36 bits per heavy atom. The molecule has 64 valence electrons. The van der Waals surface area contributed by atoms with Crippen molar-refractivity contribution in [3.05, 3.63) is 10.1 Å². The summed E-state index contributed by atoms with van der Waals surface area (Å²) in [7, 11) is 0. The molecule has 0 amide bonds. The third-order valence-electron chi connectivity index (χ3n) is 1.43. The lowest BCUT2D eigenvalue weighted by Crippen LogP contribution is -3.21. The van der Waals surface area contributed by atoms with Crippen LogP contribution >= 0.6 is 0 Å². The van der Waals surface area contributed by atoms with Gasteiger partial charge in [0.1, 0.15) is 0 Å². The number of aliphatic hydroxyl groups is 1. The van der Waals surface area contributed by atoms with E-state index in [1.54, 1.807) is 13.8 Å². The first-order valence-electron chi connectivity index (χ1n) is 3.41. The van der Waals surface area contributed by atoms with Crippen molar-refractivity contribution < 1.29 is 10.2 Å². The molecule has 0 rings (SSSR count). The highest BCUT2D eigenvalue weighted by Crippen LogP contribution is 2.01. The molecule has 0 aliphatic rings. The van der Waals surface area contributed by atoms with Gasteiger partial charge in [0.15, 0.2) is 5.72 Å². The fraction of sp³-hybridized carbons (Fsp3) is 0.857. The smallest absolute Gasteiger partial charge is 0.394 e. The van der Waals surface area contributed by atoms with E-state index < -0.39 is 11.4 Å². The SMILES string of the molecule is C#[N+]C(C)(C)[NH+]([O-])C(C)(C)O. The topological polar surface area (TPSA) is 52.1 Å². The van der Waals surface area contributed by atoms with Gasteiger partial charge in [-0.15, -0.1) is 0 Å². The molecule has 0 heterocycles. The van der Waals surface area contributed by atoms with Crippen molar-refractivity contribution in [1.82, 2.24) is 0 Å². The molecular formula is C7H15N2O2+. The number of hydrogen-bond acceptors (Lipinski definition) is 2. The number of nitrogens with zero attached hydrogens (tertiary/aromatic N) is 1. The average Bonchev–Trinajstić information content (AvgIpc) is 1.84. The Kier molecular flexibility index (Phi) is 2.62. The largest absolute Gasteiger partial charge is 0.626 e. The van der Waals surface area contributed by atoms with Crippen molar-refractivity contribution in [2.75, 3.05) is 0 Å². The molecule has 0 saturated heterocycles. The molecule has 1 atom stereocenters. The number of rotatable bonds is 2. The van der Waals surface area contributed by atoms with Crippen LogP contribution in [0.2, 0.25) is 0 Å². The van der Waals surface area contributed by atoms with Crippen LogP contribution in [-0.2, 0) is 0 Å². The summed E-state index contributed by atoms with van der Waals surface area (Å²) in [6.45, 7) is 11.0. The van der Waals surface area contributed by atoms with Crippen LogP contribution in [0.3, 0.4) is 0 Å². The fourth-order valence-electron chi connectivity index (χ4n) is 0.807. The molecule has 0 radical (unpaired) electrons. The van der Waals surface area contributed by atoms with Gasteiger partial charge in [0.2, 0.25) is 0 Å². The summed E-state index contributed by atoms with van der Waals surface area (Å²) in [5.41, 5.74) is -2.37. The van der Waals surface area contributed by atoms with Gasteiger partial charge in [0.25, 0.3) is 6.57 Å². The molecule has 0 aromatic rings. The monoisotopic (exact) mass is 159 g/mol. The maximum atomic E-state index is 11.3. The van der Waals surface area contributed by atoms with Gasteiger partial charge in [-0.25, -0.2) is 0 Å². The van der Waals surface area contributed by atoms with Gasteiger partial charge in [-0.2, -0.15) is 0 Å². The zero-order valence-electron chi connectivity index (χ0n) is 7.38. The zero-order chi connectivity index (χ0) is 9.28. The van der Waals surface area contributed by atoms with Gasteiger partial charge in [-0.05, 0) is 4.85 Å². The zero-order valence-corrected chi connectivity index (χ0v) is 7.38. The van der Waals surface area contributed by atoms with E-state index in [0.717, 1.165) is 0 Å². The summed E-state index contributed by atoms with van der Waals surface area (Å²) in [4.78, 5) is 3.38. The van der Waals surface area contributed by atoms with Crippen LogP contribution in [0.1, 0.15) is 27.7 Å². The molecule has 0 fully saturated rings. The Labute approximate surface area is 66.8 Å². The van der Waals surface area contributed by atoms with Gasteiger partial charge in [-0.1, -0.05) is 0 Å². The fourth-order valence-corrected chi connectivity index (χ4v) is 0.807. The Hall–Kier alpha value is -0.630. The van der Waals surface area contributed by atoms with E-state index in [2.05, 4.69) is 4.85 Å². The maximum absolute atomic E-state index is 11.3. The summed E-state index contributed by atoms with van der Waals surface area (Å²) in [5, 5.41) is 20.2. The van der Waals surface area contributed by atoms with Gasteiger partial charge in [0.05, 0.1) is 13.8 Å². The van der Waals surface area contributed by atoms with E-state index in [-0.39, 0.29) is 5.06 Å². The maximum Gasteiger partial charge on any atom is 0.394 e. The van der Waals surface area contributed by atoms with Crippen molar-refractivity contribution in [3.63, 3.8) is 0 Å². The van der Waals surface area contributed by atoms with E-state index in [9.17, 15) is 10.3 Å². The van der Waals surface area contributed by atoms with Crippen molar-refractivity contribution in [2.45, 2.75) is 39.1 Å². The van der Waals surface area contributed by atoms with Crippen LogP contribution in [0.4, 0.5) is 0 Å². The number of nitrogens with one attached hydrogen (secondary N) is 1. The first-order valence-corrected chi connectivity index (χ1v) is 3.41. The van der Waals surface area contributed by atoms with Crippen LogP contribution in [-0.4, -0.2) is 16.5 Å². The molecule has 1 unspecified atom stereocenters. The second-order valence-electron chi connectivity index (χ2n) is 3.58. The van der Waals surface area contributed by atoms with Crippen LogP contribution in [0.5, 0.6) is 0 Å². The molecule has 0 aliphatic heterocycles. The molecule has 0 bridgehead atoms. The van der Waals surface area contributed by atoms with Crippen molar-refractivity contribution >= 4 is 0 Å². The lowest BCUT2D eigenvalue weighted by molar-refractivity contribution is -0.966. The minimum Gasteiger partial charge on any atom is -0.626 e. The quantitative estimate of drug-likeness (QED) is 0.433. The van der Waals surface area contributed by atoms with E-state index >= 15 is 0 Å². The van der Waals surface area contributed by atoms with E-state index in [4.69, 9.17) is 6.57 Å². The van der Waals surface area contributed by atoms with Crippen molar-refractivity contribution in [2.24, 2.45) is 0 Å². The highest BCUT2D eigenvalue weighted by atomic mass is 16.5. The van der Waals surface area contributed by atoms with Gasteiger partial charge >= 0.3 is 5.66 Å². The first kappa shape index (κ1) is 10.4. The van der Waals surface area contributed by atoms with Gasteiger partial charge < -0.3 is 10.3 Å². The molecular weight excluding hydrogens is 144 g/mol. The Bertz CT molecular complexity index is 176. The number of hydroxylamine groups is 2. The van der Waals surface area contributed by atoms with Crippen LogP contribution < -0.4 is 5.06 Å². The Morgan fingerprint density at radius 2 is 1.73 bits per heavy atom. The van der Waals surface area contributed by atoms with Crippen molar-refractivity contribution in [3.8, 4) is 6.57 Å². The highest BCUT2D eigenvalue weighted by Gasteiger charge is 2.42. The molecule has 11 heavy (non-hydrogen) atoms. The normalized spacial score (nSPS) is 15.7. The minimum absolute atomic E-state index is 0.382. The summed E-state index contributed by atoms with van der Waals surface area (Å²) in [6, 6.07) is 0. The summed E-state index contributed by atoms with van der Waals surface area (Å²) in [5.74, 6) is 0. The lowest BCUT2D eigenvalue weighted by atomic mass is 10.2. The summed E-state index contributed by atoms with van der Waals surface area (Å²) in [6.07, 6.45) is 0. The third kappa shape index (κ3) is 2.46. The van der Waals surface area contributed by atoms with Crippen LogP contribution in [0, 0.1) is 11.8 Å². The van der Waals surface area contributed by atoms with E-state index in [0.29, 0.717) is 0 Å². The van der Waals surface area contributed by atoms with E-state index in [1.807, 2.05) is 0 Å². The molecule has 4 heteroatoms. The van der Waals surface area contributed by atoms with Gasteiger partial charge in [-0.3, -0.25) is 5.06 Å². The summed E-state index contributed by atoms with van der Waals surface area (Å²) < 4.78 is 0. The Balaban J connectivity index is 4.52. The average molecular weight is 159 g/mol. The number of hydrogen-bond donors (Lipinski definition) is 2.